The number of urea groups is 1. The molecule has 1 aromatic heterocycles. The number of fused-ring (bicyclic) bond motifs is 1. The third kappa shape index (κ3) is 21.4. The molecule has 4 heterocycles. The smallest absolute Gasteiger partial charge is 0.506 e. The molecule has 3 aliphatic heterocycles. The normalized spacial score (nSPS) is 20.8. The zero-order valence-electron chi connectivity index (χ0n) is 43.6. The lowest BCUT2D eigenvalue weighted by Gasteiger charge is -2.18. The van der Waals surface area contributed by atoms with Gasteiger partial charge in [0.2, 0.25) is 11.8 Å². The number of benzene rings is 2. The van der Waals surface area contributed by atoms with Gasteiger partial charge in [0.05, 0.1) is 77.2 Å². The van der Waals surface area contributed by atoms with Crippen molar-refractivity contribution in [3.63, 3.8) is 0 Å². The van der Waals surface area contributed by atoms with Crippen LogP contribution in [0.25, 0.3) is 0 Å². The third-order valence-electron chi connectivity index (χ3n) is 12.6. The quantitative estimate of drug-likeness (QED) is 0.0171. The Hall–Kier alpha value is -5.56. The van der Waals surface area contributed by atoms with Crippen molar-refractivity contribution in [2.24, 2.45) is 10.2 Å². The Morgan fingerprint density at radius 2 is 1.55 bits per heavy atom. The highest BCUT2D eigenvalue weighted by molar-refractivity contribution is 8.00. The molecule has 6 rings (SSSR count). The number of rotatable bonds is 36. The van der Waals surface area contributed by atoms with E-state index in [2.05, 4.69) is 46.3 Å². The molecule has 3 fully saturated rings. The van der Waals surface area contributed by atoms with Crippen LogP contribution in [0.15, 0.2) is 63.7 Å². The summed E-state index contributed by atoms with van der Waals surface area (Å²) in [6.07, 6.45) is -0.907. The molecule has 440 valence electrons. The molecule has 80 heavy (non-hydrogen) atoms. The Labute approximate surface area is 465 Å². The summed E-state index contributed by atoms with van der Waals surface area (Å²) in [6.45, 7) is 2.86. The van der Waals surface area contributed by atoms with Crippen LogP contribution in [0.4, 0.5) is 22.0 Å². The van der Waals surface area contributed by atoms with Crippen LogP contribution in [0.5, 0.6) is 5.75 Å². The van der Waals surface area contributed by atoms with Gasteiger partial charge in [0.15, 0.2) is 12.3 Å². The fourth-order valence-corrected chi connectivity index (χ4v) is 10.9. The second-order valence-electron chi connectivity index (χ2n) is 18.4. The lowest BCUT2D eigenvalue weighted by Crippen LogP contribution is -2.37. The Balaban J connectivity index is 0.769. The maximum absolute atomic E-state index is 12.9. The van der Waals surface area contributed by atoms with E-state index in [1.54, 1.807) is 24.3 Å². The minimum Gasteiger partial charge on any atom is -0.506 e. The number of thioether (sulfide) groups is 1. The van der Waals surface area contributed by atoms with Crippen LogP contribution in [0, 0.1) is 0 Å². The summed E-state index contributed by atoms with van der Waals surface area (Å²) in [5.74, 6) is 0.0811. The van der Waals surface area contributed by atoms with E-state index < -0.39 is 58.8 Å². The molecule has 3 saturated heterocycles. The minimum atomic E-state index is -5.01. The summed E-state index contributed by atoms with van der Waals surface area (Å²) in [6, 6.07) is 11.3. The van der Waals surface area contributed by atoms with Gasteiger partial charge in [-0.05, 0) is 74.1 Å². The number of azo groups is 1. The van der Waals surface area contributed by atoms with E-state index in [0.717, 1.165) is 35.1 Å². The van der Waals surface area contributed by atoms with E-state index in [0.29, 0.717) is 101 Å². The standard InChI is InChI=1S/C48H68N10O19P2S/c49-44-32(27-58(48(65)55-44)46-42(62)43(77-78(66)67)37(76-46)28-75-79(68,69)70)4-3-15-52-45(63)31-8-10-33(11-9-31)56-57-34-26-30(7-12-36(34)59)13-16-50-40(61)14-18-71-20-22-73-24-25-74-23-21-72-19-17-51-39(60)6-2-1-5-38-41-35(29-80-38)53-47(64)54-41/h7-12,26-27,35,37-38,41-43,46,62H,1-6,13-25,28-29H2,(H10-,49,50,51,52,53,54,55,56,59,60,61,63,64,65,66,67,68,69,70)/p+1/t35-,37+,38-,41-,42?,43?,46+/m0/s1. The number of nitrogen functional groups attached to an aromatic ring is 1. The summed E-state index contributed by atoms with van der Waals surface area (Å²) < 4.78 is 60.3. The molecule has 3 unspecified atom stereocenters. The molecule has 8 atom stereocenters. The van der Waals surface area contributed by atoms with Gasteiger partial charge in [0.25, 0.3) is 5.91 Å². The molecule has 0 spiro atoms. The van der Waals surface area contributed by atoms with Crippen molar-refractivity contribution < 1.29 is 85.9 Å². The van der Waals surface area contributed by atoms with Gasteiger partial charge in [-0.2, -0.15) is 21.9 Å². The molecule has 29 nitrogen and oxygen atoms in total. The number of unbranched alkanes of at least 4 members (excludes halogenated alkanes) is 1. The summed E-state index contributed by atoms with van der Waals surface area (Å²) in [7, 11) is -8.32. The van der Waals surface area contributed by atoms with Gasteiger partial charge in [0.1, 0.15) is 29.5 Å². The van der Waals surface area contributed by atoms with Gasteiger partial charge in [-0.1, -0.05) is 12.5 Å². The Morgan fingerprint density at radius 1 is 0.863 bits per heavy atom. The van der Waals surface area contributed by atoms with Crippen LogP contribution in [-0.2, 0) is 64.3 Å². The number of nitrogens with one attached hydrogen (secondary N) is 5. The molecule has 0 aliphatic carbocycles. The molecular weight excluding hydrogens is 1110 g/mol. The molecule has 5 amide bonds. The summed E-state index contributed by atoms with van der Waals surface area (Å²) in [4.78, 5) is 92.9. The number of phosphoric acid groups is 1. The predicted octanol–water partition coefficient (Wildman–Crippen LogP) is 1.67. The Kier molecular flexibility index (Phi) is 26.1. The molecule has 0 saturated carbocycles. The van der Waals surface area contributed by atoms with Crippen LogP contribution in [-0.4, -0.2) is 179 Å². The number of aryl methyl sites for hydroxylation is 1. The number of ether oxygens (including phenoxy) is 5. The second-order valence-corrected chi connectivity index (χ2v) is 21.6. The van der Waals surface area contributed by atoms with Crippen molar-refractivity contribution >= 4 is 68.8 Å². The molecule has 3 aliphatic rings. The highest BCUT2D eigenvalue weighted by Crippen LogP contribution is 2.41. The molecule has 32 heteroatoms. The number of aromatic nitrogens is 2. The number of amides is 5. The highest BCUT2D eigenvalue weighted by atomic mass is 32.2. The summed E-state index contributed by atoms with van der Waals surface area (Å²) >= 11 is 1.88. The monoisotopic (exact) mass is 1180 g/mol. The van der Waals surface area contributed by atoms with E-state index in [9.17, 15) is 48.2 Å². The number of hydrogen-bond acceptors (Lipinski definition) is 21. The Morgan fingerprint density at radius 3 is 2.26 bits per heavy atom. The predicted molar refractivity (Wildman–Crippen MR) is 286 cm³/mol. The van der Waals surface area contributed by atoms with E-state index in [4.69, 9.17) is 43.7 Å². The number of aliphatic hydroxyl groups excluding tert-OH is 1. The van der Waals surface area contributed by atoms with Crippen LogP contribution >= 0.6 is 27.8 Å². The fourth-order valence-electron chi connectivity index (χ4n) is 8.55. The lowest BCUT2D eigenvalue weighted by molar-refractivity contribution is -0.122. The van der Waals surface area contributed by atoms with Crippen LogP contribution in [0.2, 0.25) is 0 Å². The van der Waals surface area contributed by atoms with Crippen LogP contribution < -0.4 is 38.0 Å². The topological polar surface area (TPSA) is 414 Å². The van der Waals surface area contributed by atoms with Gasteiger partial charge in [-0.25, -0.2) is 14.2 Å². The second kappa shape index (κ2) is 32.8. The molecular formula is C48H69N10O19P2S+. The molecule has 2 aromatic carbocycles. The number of hydrogen-bond donors (Lipinski definition) is 11. The maximum Gasteiger partial charge on any atom is 0.695 e. The van der Waals surface area contributed by atoms with Crippen molar-refractivity contribution in [1.29, 1.82) is 0 Å². The van der Waals surface area contributed by atoms with E-state index in [-0.39, 0.29) is 73.2 Å². The summed E-state index contributed by atoms with van der Waals surface area (Å²) in [5, 5.41) is 44.4. The maximum atomic E-state index is 12.9. The SMILES string of the molecule is Nc1nc(=O)n([C@@H]2O[C@H](COP(=O)(O)O)C(O[P+](=O)O)C2O)cc1CCCNC(=O)c1ccc(N=Nc2cc(CCNC(=O)CCOCCOCCOCCOCCNC(=O)CCCC[C@@H]3SC[C@@H]4NC(=O)N[C@@H]43)ccc2O)cc1. The first-order valence-corrected chi connectivity index (χ1v) is 29.5. The van der Waals surface area contributed by atoms with Crippen molar-refractivity contribution in [3.8, 4) is 5.75 Å². The average molecular weight is 1180 g/mol. The van der Waals surface area contributed by atoms with Crippen molar-refractivity contribution in [2.75, 3.05) is 90.6 Å². The number of nitrogens with zero attached hydrogens (tertiary/aromatic N) is 4. The van der Waals surface area contributed by atoms with Crippen LogP contribution in [0.1, 0.15) is 66.2 Å². The number of anilines is 1. The highest BCUT2D eigenvalue weighted by Gasteiger charge is 2.51. The first-order valence-electron chi connectivity index (χ1n) is 25.8. The minimum absolute atomic E-state index is 0.00115. The number of phosphoric ester groups is 1. The lowest BCUT2D eigenvalue weighted by atomic mass is 10.0. The average Bonchev–Trinajstić information content (AvgIpc) is 4.12. The number of nitrogens with two attached hydrogens (primary N) is 1. The van der Waals surface area contributed by atoms with Crippen molar-refractivity contribution in [2.45, 2.75) is 93.2 Å². The number of aliphatic hydroxyl groups is 1. The number of carbonyl (C=O) groups is 4. The van der Waals surface area contributed by atoms with Gasteiger partial charge in [-0.15, -0.1) is 14.5 Å². The van der Waals surface area contributed by atoms with E-state index in [1.165, 1.54) is 24.4 Å². The third-order valence-corrected chi connectivity index (χ3v) is 15.0. The van der Waals surface area contributed by atoms with Crippen molar-refractivity contribution in [3.05, 3.63) is 75.8 Å². The molecule has 3 aromatic rings. The van der Waals surface area contributed by atoms with Gasteiger partial charge in [-0.3, -0.25) is 23.5 Å². The largest absolute Gasteiger partial charge is 0.695 e. The summed E-state index contributed by atoms with van der Waals surface area (Å²) in [5.41, 5.74) is 7.02. The van der Waals surface area contributed by atoms with Crippen LogP contribution in [0.3, 0.4) is 0 Å². The van der Waals surface area contributed by atoms with Gasteiger partial charge in [0, 0.05) is 65.4 Å². The van der Waals surface area contributed by atoms with Crippen molar-refractivity contribution in [1.82, 2.24) is 36.1 Å². The Bertz CT molecular complexity index is 2670. The van der Waals surface area contributed by atoms with E-state index in [1.807, 2.05) is 11.8 Å². The molecule has 12 N–H and O–H groups in total. The first-order chi connectivity index (χ1) is 38.4. The number of carbonyl (C=O) groups excluding carboxylic acids is 4. The number of phenolic OH excluding ortho intramolecular Hbond substituents is 1. The molecule has 0 radical (unpaired) electrons. The zero-order valence-corrected chi connectivity index (χ0v) is 46.2. The zero-order chi connectivity index (χ0) is 57.4. The molecule has 0 bridgehead atoms. The fraction of sp³-hybridized carbons (Fsp3) is 0.583. The van der Waals surface area contributed by atoms with Gasteiger partial charge < -0.3 is 76.0 Å². The first kappa shape index (κ1) is 63.6. The number of aromatic hydroxyl groups is 1. The van der Waals surface area contributed by atoms with Gasteiger partial charge >= 0.3 is 27.8 Å². The van der Waals surface area contributed by atoms with E-state index >= 15 is 0 Å². The number of phenols is 1.